The van der Waals surface area contributed by atoms with Crippen LogP contribution < -0.4 is 5.73 Å². The minimum Gasteiger partial charge on any atom is -0.441 e. The van der Waals surface area contributed by atoms with E-state index in [1.165, 1.54) is 0 Å². The van der Waals surface area contributed by atoms with Gasteiger partial charge in [-0.3, -0.25) is 0 Å². The highest BCUT2D eigenvalue weighted by molar-refractivity contribution is 5.85. The van der Waals surface area contributed by atoms with Crippen LogP contribution in [0.2, 0.25) is 0 Å². The number of fused-ring (bicyclic) bond motifs is 2. The van der Waals surface area contributed by atoms with E-state index in [0.717, 1.165) is 46.5 Å². The second-order valence-electron chi connectivity index (χ2n) is 5.27. The molecule has 0 fully saturated rings. The van der Waals surface area contributed by atoms with E-state index < -0.39 is 0 Å². The monoisotopic (exact) mass is 293 g/mol. The topological polar surface area (TPSA) is 78.1 Å². The molecule has 0 bridgehead atoms. The third-order valence-corrected chi connectivity index (χ3v) is 3.63. The van der Waals surface area contributed by atoms with Crippen molar-refractivity contribution in [3.05, 3.63) is 42.3 Å². The molecule has 0 atom stereocenters. The SMILES string of the molecule is CCCc1nc2cc(-c3ccc4oc(N)nc4c3)ccc2o1. The van der Waals surface area contributed by atoms with Crippen LogP contribution in [0.25, 0.3) is 33.3 Å². The predicted molar refractivity (Wildman–Crippen MR) is 85.4 cm³/mol. The molecule has 0 spiro atoms. The zero-order valence-electron chi connectivity index (χ0n) is 12.2. The molecule has 0 aliphatic heterocycles. The van der Waals surface area contributed by atoms with Gasteiger partial charge in [-0.15, -0.1) is 0 Å². The van der Waals surface area contributed by atoms with E-state index in [1.807, 2.05) is 36.4 Å². The Morgan fingerprint density at radius 3 is 2.23 bits per heavy atom. The normalized spacial score (nSPS) is 11.5. The largest absolute Gasteiger partial charge is 0.441 e. The van der Waals surface area contributed by atoms with Gasteiger partial charge >= 0.3 is 0 Å². The summed E-state index contributed by atoms with van der Waals surface area (Å²) in [5, 5.41) is 0. The van der Waals surface area contributed by atoms with Gasteiger partial charge in [0.2, 0.25) is 0 Å². The van der Waals surface area contributed by atoms with Crippen LogP contribution in [0.3, 0.4) is 0 Å². The first-order chi connectivity index (χ1) is 10.7. The van der Waals surface area contributed by atoms with Crippen molar-refractivity contribution >= 4 is 28.2 Å². The first-order valence-electron chi connectivity index (χ1n) is 7.29. The first kappa shape index (κ1) is 12.9. The molecule has 2 aromatic carbocycles. The fourth-order valence-electron chi connectivity index (χ4n) is 2.60. The van der Waals surface area contributed by atoms with Gasteiger partial charge in [-0.1, -0.05) is 19.1 Å². The summed E-state index contributed by atoms with van der Waals surface area (Å²) in [4.78, 5) is 8.70. The molecular weight excluding hydrogens is 278 g/mol. The summed E-state index contributed by atoms with van der Waals surface area (Å²) in [7, 11) is 0. The summed E-state index contributed by atoms with van der Waals surface area (Å²) < 4.78 is 11.0. The van der Waals surface area contributed by atoms with E-state index in [2.05, 4.69) is 16.9 Å². The maximum Gasteiger partial charge on any atom is 0.292 e. The lowest BCUT2D eigenvalue weighted by Gasteiger charge is -2.00. The number of aryl methyl sites for hydroxylation is 1. The highest BCUT2D eigenvalue weighted by atomic mass is 16.4. The van der Waals surface area contributed by atoms with Crippen LogP contribution in [0.5, 0.6) is 0 Å². The average Bonchev–Trinajstić information content (AvgIpc) is 3.07. The zero-order chi connectivity index (χ0) is 15.1. The molecule has 2 aromatic heterocycles. The van der Waals surface area contributed by atoms with Crippen LogP contribution in [-0.4, -0.2) is 9.97 Å². The van der Waals surface area contributed by atoms with Crippen LogP contribution >= 0.6 is 0 Å². The molecule has 4 rings (SSSR count). The molecular formula is C17H15N3O2. The van der Waals surface area contributed by atoms with E-state index in [4.69, 9.17) is 14.6 Å². The lowest BCUT2D eigenvalue weighted by atomic mass is 10.0. The van der Waals surface area contributed by atoms with Crippen molar-refractivity contribution in [2.75, 3.05) is 5.73 Å². The summed E-state index contributed by atoms with van der Waals surface area (Å²) >= 11 is 0. The Kier molecular flexibility index (Phi) is 2.85. The highest BCUT2D eigenvalue weighted by Crippen LogP contribution is 2.28. The summed E-state index contributed by atoms with van der Waals surface area (Å²) in [6, 6.07) is 12.0. The molecule has 0 aliphatic rings. The predicted octanol–water partition coefficient (Wildman–Crippen LogP) is 4.17. The number of nitrogens with zero attached hydrogens (tertiary/aromatic N) is 2. The minimum absolute atomic E-state index is 0.184. The lowest BCUT2D eigenvalue weighted by Crippen LogP contribution is -1.82. The number of rotatable bonds is 3. The quantitative estimate of drug-likeness (QED) is 0.613. The average molecular weight is 293 g/mol. The van der Waals surface area contributed by atoms with Gasteiger partial charge < -0.3 is 14.6 Å². The number of oxazole rings is 2. The summed E-state index contributed by atoms with van der Waals surface area (Å²) in [5.74, 6) is 0.786. The van der Waals surface area contributed by atoms with Gasteiger partial charge in [0.15, 0.2) is 17.1 Å². The summed E-state index contributed by atoms with van der Waals surface area (Å²) in [6.07, 6.45) is 1.87. The molecule has 0 radical (unpaired) electrons. The molecule has 110 valence electrons. The second kappa shape index (κ2) is 4.87. The number of hydrogen-bond acceptors (Lipinski definition) is 5. The molecule has 0 saturated carbocycles. The van der Waals surface area contributed by atoms with E-state index in [9.17, 15) is 0 Å². The van der Waals surface area contributed by atoms with E-state index in [1.54, 1.807) is 0 Å². The Morgan fingerprint density at radius 1 is 0.909 bits per heavy atom. The number of hydrogen-bond donors (Lipinski definition) is 1. The van der Waals surface area contributed by atoms with Crippen molar-refractivity contribution in [1.29, 1.82) is 0 Å². The Balaban J connectivity index is 1.80. The molecule has 5 heteroatoms. The van der Waals surface area contributed by atoms with Crippen LogP contribution in [-0.2, 0) is 6.42 Å². The molecule has 0 unspecified atom stereocenters. The third-order valence-electron chi connectivity index (χ3n) is 3.63. The van der Waals surface area contributed by atoms with Gasteiger partial charge in [0.1, 0.15) is 11.0 Å². The molecule has 2 N–H and O–H groups in total. The van der Waals surface area contributed by atoms with Crippen LogP contribution in [0, 0.1) is 0 Å². The number of anilines is 1. The van der Waals surface area contributed by atoms with Crippen molar-refractivity contribution in [1.82, 2.24) is 9.97 Å². The standard InChI is InChI=1S/C17H15N3O2/c1-2-3-16-19-12-8-10(4-6-14(12)21-16)11-5-7-15-13(9-11)20-17(18)22-15/h4-9H,2-3H2,1H3,(H2,18,20). The molecule has 0 saturated heterocycles. The molecule has 0 aliphatic carbocycles. The third kappa shape index (κ3) is 2.11. The fraction of sp³-hybridized carbons (Fsp3) is 0.176. The number of nitrogen functional groups attached to an aromatic ring is 1. The van der Waals surface area contributed by atoms with Crippen LogP contribution in [0.4, 0.5) is 6.01 Å². The van der Waals surface area contributed by atoms with Gasteiger partial charge in [0.25, 0.3) is 6.01 Å². The number of benzene rings is 2. The molecule has 22 heavy (non-hydrogen) atoms. The summed E-state index contributed by atoms with van der Waals surface area (Å²) in [6.45, 7) is 2.11. The molecule has 5 nitrogen and oxygen atoms in total. The van der Waals surface area contributed by atoms with Crippen molar-refractivity contribution in [3.63, 3.8) is 0 Å². The van der Waals surface area contributed by atoms with Crippen molar-refractivity contribution < 1.29 is 8.83 Å². The van der Waals surface area contributed by atoms with Gasteiger partial charge in [0, 0.05) is 6.42 Å². The highest BCUT2D eigenvalue weighted by Gasteiger charge is 2.09. The van der Waals surface area contributed by atoms with Crippen LogP contribution in [0.15, 0.2) is 45.2 Å². The minimum atomic E-state index is 0.184. The zero-order valence-corrected chi connectivity index (χ0v) is 12.2. The van der Waals surface area contributed by atoms with Crippen LogP contribution in [0.1, 0.15) is 19.2 Å². The number of aromatic nitrogens is 2. The molecule has 4 aromatic rings. The Bertz CT molecular complexity index is 969. The maximum absolute atomic E-state index is 5.72. The first-order valence-corrected chi connectivity index (χ1v) is 7.29. The Morgan fingerprint density at radius 2 is 1.55 bits per heavy atom. The molecule has 2 heterocycles. The van der Waals surface area contributed by atoms with E-state index in [0.29, 0.717) is 5.58 Å². The lowest BCUT2D eigenvalue weighted by molar-refractivity contribution is 0.525. The Hall–Kier alpha value is -2.82. The van der Waals surface area contributed by atoms with Gasteiger partial charge in [0.05, 0.1) is 0 Å². The van der Waals surface area contributed by atoms with Gasteiger partial charge in [-0.2, -0.15) is 4.98 Å². The Labute approximate surface area is 126 Å². The molecule has 0 amide bonds. The van der Waals surface area contributed by atoms with Crippen molar-refractivity contribution in [3.8, 4) is 11.1 Å². The fourth-order valence-corrected chi connectivity index (χ4v) is 2.60. The smallest absolute Gasteiger partial charge is 0.292 e. The van der Waals surface area contributed by atoms with E-state index >= 15 is 0 Å². The summed E-state index contributed by atoms with van der Waals surface area (Å²) in [5.41, 5.74) is 10.8. The maximum atomic E-state index is 5.72. The van der Waals surface area contributed by atoms with E-state index in [-0.39, 0.29) is 6.01 Å². The number of nitrogens with two attached hydrogens (primary N) is 1. The van der Waals surface area contributed by atoms with Gasteiger partial charge in [-0.05, 0) is 41.8 Å². The van der Waals surface area contributed by atoms with Gasteiger partial charge in [-0.25, -0.2) is 4.98 Å². The second-order valence-corrected chi connectivity index (χ2v) is 5.27. The van der Waals surface area contributed by atoms with Crippen molar-refractivity contribution in [2.24, 2.45) is 0 Å². The van der Waals surface area contributed by atoms with Crippen molar-refractivity contribution in [2.45, 2.75) is 19.8 Å².